The van der Waals surface area contributed by atoms with E-state index >= 15 is 0 Å². The molecule has 3 nitrogen and oxygen atoms in total. The van der Waals surface area contributed by atoms with Crippen LogP contribution in [0.3, 0.4) is 0 Å². The number of nitrogens with one attached hydrogen (secondary N) is 2. The van der Waals surface area contributed by atoms with Gasteiger partial charge in [-0.3, -0.25) is 4.79 Å². The first-order chi connectivity index (χ1) is 8.13. The van der Waals surface area contributed by atoms with Gasteiger partial charge in [-0.1, -0.05) is 26.0 Å². The molecule has 0 atom stereocenters. The molecule has 0 spiro atoms. The number of benzene rings is 1. The lowest BCUT2D eigenvalue weighted by Crippen LogP contribution is -2.39. The molecule has 1 aromatic carbocycles. The second kappa shape index (κ2) is 4.40. The van der Waals surface area contributed by atoms with Gasteiger partial charge in [-0.25, -0.2) is 0 Å². The van der Waals surface area contributed by atoms with Gasteiger partial charge in [-0.15, -0.1) is 0 Å². The number of amides is 1. The van der Waals surface area contributed by atoms with Gasteiger partial charge in [0.2, 0.25) is 5.91 Å². The lowest BCUT2D eigenvalue weighted by Gasteiger charge is -2.27. The van der Waals surface area contributed by atoms with Crippen LogP contribution in [0.2, 0.25) is 0 Å². The Balaban J connectivity index is 2.41. The molecule has 0 saturated heterocycles. The van der Waals surface area contributed by atoms with Crippen LogP contribution in [0.25, 0.3) is 0 Å². The number of aryl methyl sites for hydroxylation is 1. The third-order valence-corrected chi connectivity index (χ3v) is 3.96. The minimum atomic E-state index is -0.286. The molecule has 2 rings (SSSR count). The van der Waals surface area contributed by atoms with Crippen molar-refractivity contribution in [1.29, 1.82) is 0 Å². The summed E-state index contributed by atoms with van der Waals surface area (Å²) < 4.78 is 0. The van der Waals surface area contributed by atoms with Crippen molar-refractivity contribution in [2.24, 2.45) is 5.41 Å². The van der Waals surface area contributed by atoms with Gasteiger partial charge in [0.15, 0.2) is 0 Å². The highest BCUT2D eigenvalue weighted by atomic mass is 16.2. The van der Waals surface area contributed by atoms with Crippen molar-refractivity contribution < 1.29 is 4.79 Å². The van der Waals surface area contributed by atoms with Crippen molar-refractivity contribution in [2.75, 3.05) is 17.2 Å². The van der Waals surface area contributed by atoms with Crippen LogP contribution < -0.4 is 10.6 Å². The standard InChI is InChI=1S/C14H20N2O/c1-4-14(5-2)9-15-12-10(3)7-6-8-11(12)16-13(14)17/h6-8,15H,4-5,9H2,1-3H3,(H,16,17). The zero-order valence-electron chi connectivity index (χ0n) is 10.8. The molecule has 1 aliphatic rings. The van der Waals surface area contributed by atoms with Gasteiger partial charge in [-0.05, 0) is 31.4 Å². The summed E-state index contributed by atoms with van der Waals surface area (Å²) in [6, 6.07) is 5.98. The number of hydrogen-bond acceptors (Lipinski definition) is 2. The van der Waals surface area contributed by atoms with Gasteiger partial charge in [0.05, 0.1) is 16.8 Å². The summed E-state index contributed by atoms with van der Waals surface area (Å²) in [5, 5.41) is 6.49. The van der Waals surface area contributed by atoms with Gasteiger partial charge < -0.3 is 10.6 Å². The van der Waals surface area contributed by atoms with Gasteiger partial charge >= 0.3 is 0 Å². The van der Waals surface area contributed by atoms with Gasteiger partial charge in [0.25, 0.3) is 0 Å². The van der Waals surface area contributed by atoms with Gasteiger partial charge in [0, 0.05) is 6.54 Å². The van der Waals surface area contributed by atoms with Crippen molar-refractivity contribution in [2.45, 2.75) is 33.6 Å². The number of anilines is 2. The smallest absolute Gasteiger partial charge is 0.232 e. The van der Waals surface area contributed by atoms with Gasteiger partial charge in [-0.2, -0.15) is 0 Å². The molecule has 0 bridgehead atoms. The van der Waals surface area contributed by atoms with Crippen molar-refractivity contribution >= 4 is 17.3 Å². The fourth-order valence-corrected chi connectivity index (χ4v) is 2.42. The summed E-state index contributed by atoms with van der Waals surface area (Å²) in [7, 11) is 0. The Bertz CT molecular complexity index is 436. The van der Waals surface area contributed by atoms with E-state index in [-0.39, 0.29) is 11.3 Å². The number of para-hydroxylation sites is 1. The average molecular weight is 232 g/mol. The van der Waals surface area contributed by atoms with Crippen molar-refractivity contribution in [1.82, 2.24) is 0 Å². The molecule has 3 heteroatoms. The number of hydrogen-bond donors (Lipinski definition) is 2. The highest BCUT2D eigenvalue weighted by Crippen LogP contribution is 2.36. The zero-order chi connectivity index (χ0) is 12.5. The third kappa shape index (κ3) is 1.90. The second-order valence-electron chi connectivity index (χ2n) is 4.79. The minimum Gasteiger partial charge on any atom is -0.382 e. The molecule has 0 unspecified atom stereocenters. The maximum absolute atomic E-state index is 12.3. The largest absolute Gasteiger partial charge is 0.382 e. The van der Waals surface area contributed by atoms with Crippen LogP contribution in [-0.2, 0) is 4.79 Å². The first-order valence-corrected chi connectivity index (χ1v) is 6.28. The Morgan fingerprint density at radius 3 is 2.65 bits per heavy atom. The summed E-state index contributed by atoms with van der Waals surface area (Å²) in [5.74, 6) is 0.138. The summed E-state index contributed by atoms with van der Waals surface area (Å²) in [6.07, 6.45) is 1.71. The SMILES string of the molecule is CCC1(CC)CNc2c(C)cccc2NC1=O. The van der Waals surface area contributed by atoms with E-state index in [1.807, 2.05) is 12.1 Å². The van der Waals surface area contributed by atoms with E-state index in [9.17, 15) is 4.79 Å². The molecule has 1 aromatic rings. The second-order valence-corrected chi connectivity index (χ2v) is 4.79. The van der Waals surface area contributed by atoms with Crippen LogP contribution in [0.15, 0.2) is 18.2 Å². The summed E-state index contributed by atoms with van der Waals surface area (Å²) in [4.78, 5) is 12.3. The lowest BCUT2D eigenvalue weighted by molar-refractivity contribution is -0.125. The maximum atomic E-state index is 12.3. The first-order valence-electron chi connectivity index (χ1n) is 6.28. The first kappa shape index (κ1) is 12.0. The number of carbonyl (C=O) groups excluding carboxylic acids is 1. The maximum Gasteiger partial charge on any atom is 0.232 e. The molecule has 0 aromatic heterocycles. The highest BCUT2D eigenvalue weighted by molar-refractivity contribution is 6.00. The van der Waals surface area contributed by atoms with E-state index in [0.717, 1.165) is 24.2 Å². The number of fused-ring (bicyclic) bond motifs is 1. The molecule has 92 valence electrons. The quantitative estimate of drug-likeness (QED) is 0.822. The fraction of sp³-hybridized carbons (Fsp3) is 0.500. The van der Waals surface area contributed by atoms with Crippen molar-refractivity contribution in [3.63, 3.8) is 0 Å². The summed E-state index contributed by atoms with van der Waals surface area (Å²) >= 11 is 0. The molecule has 0 radical (unpaired) electrons. The Labute approximate surface area is 103 Å². The lowest BCUT2D eigenvalue weighted by atomic mass is 9.81. The molecule has 0 saturated carbocycles. The Morgan fingerprint density at radius 1 is 1.29 bits per heavy atom. The molecule has 0 fully saturated rings. The van der Waals surface area contributed by atoms with Gasteiger partial charge in [0.1, 0.15) is 0 Å². The van der Waals surface area contributed by atoms with Crippen molar-refractivity contribution in [3.05, 3.63) is 23.8 Å². The molecule has 17 heavy (non-hydrogen) atoms. The number of carbonyl (C=O) groups is 1. The van der Waals surface area contributed by atoms with E-state index in [1.54, 1.807) is 0 Å². The molecule has 1 heterocycles. The van der Waals surface area contributed by atoms with Crippen LogP contribution >= 0.6 is 0 Å². The highest BCUT2D eigenvalue weighted by Gasteiger charge is 2.37. The molecule has 1 amide bonds. The van der Waals surface area contributed by atoms with E-state index in [0.29, 0.717) is 6.54 Å². The topological polar surface area (TPSA) is 41.1 Å². The predicted molar refractivity (Wildman–Crippen MR) is 71.3 cm³/mol. The Hall–Kier alpha value is -1.51. The molecule has 2 N–H and O–H groups in total. The van der Waals surface area contributed by atoms with E-state index in [1.165, 1.54) is 5.56 Å². The van der Waals surface area contributed by atoms with Crippen molar-refractivity contribution in [3.8, 4) is 0 Å². The van der Waals surface area contributed by atoms with E-state index in [2.05, 4.69) is 37.5 Å². The van der Waals surface area contributed by atoms with Crippen LogP contribution in [0, 0.1) is 12.3 Å². The molecule has 0 aliphatic carbocycles. The van der Waals surface area contributed by atoms with Crippen LogP contribution in [-0.4, -0.2) is 12.5 Å². The van der Waals surface area contributed by atoms with Crippen LogP contribution in [0.4, 0.5) is 11.4 Å². The van der Waals surface area contributed by atoms with E-state index < -0.39 is 0 Å². The van der Waals surface area contributed by atoms with Crippen LogP contribution in [0.1, 0.15) is 32.3 Å². The zero-order valence-corrected chi connectivity index (χ0v) is 10.8. The monoisotopic (exact) mass is 232 g/mol. The Morgan fingerprint density at radius 2 is 2.00 bits per heavy atom. The number of rotatable bonds is 2. The summed E-state index contributed by atoms with van der Waals surface area (Å²) in [6.45, 7) is 6.92. The van der Waals surface area contributed by atoms with E-state index in [4.69, 9.17) is 0 Å². The molecular formula is C14H20N2O. The fourth-order valence-electron chi connectivity index (χ4n) is 2.42. The predicted octanol–water partition coefficient (Wildman–Crippen LogP) is 3.17. The minimum absolute atomic E-state index is 0.138. The Kier molecular flexibility index (Phi) is 3.09. The summed E-state index contributed by atoms with van der Waals surface area (Å²) in [5.41, 5.74) is 2.85. The van der Waals surface area contributed by atoms with Crippen LogP contribution in [0.5, 0.6) is 0 Å². The normalized spacial score (nSPS) is 17.7. The molecule has 1 aliphatic heterocycles. The molecular weight excluding hydrogens is 212 g/mol. The third-order valence-electron chi connectivity index (χ3n) is 3.96. The average Bonchev–Trinajstić information content (AvgIpc) is 2.47.